The van der Waals surface area contributed by atoms with Gasteiger partial charge in [-0.3, -0.25) is 10.3 Å². The molecule has 3 aromatic carbocycles. The third-order valence-corrected chi connectivity index (χ3v) is 8.29. The predicted octanol–water partition coefficient (Wildman–Crippen LogP) is 7.37. The number of thioether (sulfide) groups is 1. The smallest absolute Gasteiger partial charge is 0.406 e. The van der Waals surface area contributed by atoms with Gasteiger partial charge in [-0.05, 0) is 54.4 Å². The number of carbonyl (C=O) groups excluding carboxylic acids is 1. The zero-order valence-electron chi connectivity index (χ0n) is 23.3. The van der Waals surface area contributed by atoms with Crippen LogP contribution in [-0.2, 0) is 0 Å². The van der Waals surface area contributed by atoms with E-state index in [-0.39, 0.29) is 17.7 Å². The van der Waals surface area contributed by atoms with Crippen molar-refractivity contribution in [3.63, 3.8) is 0 Å². The fraction of sp³-hybridized carbons (Fsp3) is 0.200. The van der Waals surface area contributed by atoms with Crippen LogP contribution in [0.5, 0.6) is 5.75 Å². The van der Waals surface area contributed by atoms with Gasteiger partial charge in [0.05, 0.1) is 11.4 Å². The van der Waals surface area contributed by atoms with Gasteiger partial charge >= 0.3 is 12.4 Å². The minimum atomic E-state index is -4.76. The maximum Gasteiger partial charge on any atom is 0.573 e. The minimum absolute atomic E-state index is 0.238. The molecule has 2 aliphatic rings. The summed E-state index contributed by atoms with van der Waals surface area (Å²) in [6, 6.07) is 17.8. The number of fused-ring (bicyclic) bond motifs is 3. The maximum atomic E-state index is 12.8. The van der Waals surface area contributed by atoms with Crippen LogP contribution in [0.15, 0.2) is 89.8 Å². The van der Waals surface area contributed by atoms with Crippen LogP contribution in [0.1, 0.15) is 36.9 Å². The fourth-order valence-corrected chi connectivity index (χ4v) is 6.10. The topological polar surface area (TPSA) is 96.7 Å². The number of benzene rings is 3. The lowest BCUT2D eigenvalue weighted by Crippen LogP contribution is -2.38. The average molecular weight is 640 g/mol. The number of amides is 2. The summed E-state index contributed by atoms with van der Waals surface area (Å²) >= 11 is 7.78. The number of aromatic nitrogens is 3. The van der Waals surface area contributed by atoms with Crippen molar-refractivity contribution in [2.75, 3.05) is 10.7 Å². The van der Waals surface area contributed by atoms with E-state index in [1.54, 1.807) is 0 Å². The molecule has 226 valence electrons. The number of carbonyl (C=O) groups is 1. The molecule has 3 heterocycles. The second-order valence-electron chi connectivity index (χ2n) is 10.1. The first-order valence-corrected chi connectivity index (χ1v) is 14.9. The van der Waals surface area contributed by atoms with Gasteiger partial charge < -0.3 is 4.74 Å². The highest BCUT2D eigenvalue weighted by Crippen LogP contribution is 2.43. The molecular weight excluding hydrogens is 615 g/mol. The van der Waals surface area contributed by atoms with Crippen LogP contribution in [0.4, 0.5) is 23.7 Å². The molecule has 0 bridgehead atoms. The van der Waals surface area contributed by atoms with Crippen LogP contribution in [0.3, 0.4) is 0 Å². The highest BCUT2D eigenvalue weighted by Gasteiger charge is 2.33. The highest BCUT2D eigenvalue weighted by atomic mass is 35.5. The Bertz CT molecular complexity index is 1760. The summed E-state index contributed by atoms with van der Waals surface area (Å²) in [5, 5.41) is 5.63. The van der Waals surface area contributed by atoms with Gasteiger partial charge in [0.25, 0.3) is 0 Å². The molecule has 14 heteroatoms. The first-order chi connectivity index (χ1) is 21.0. The summed E-state index contributed by atoms with van der Waals surface area (Å²) < 4.78 is 42.6. The number of nitrogens with zero attached hydrogens (tertiary/aromatic N) is 5. The zero-order chi connectivity index (χ0) is 31.0. The van der Waals surface area contributed by atoms with Crippen LogP contribution >= 0.6 is 23.4 Å². The van der Waals surface area contributed by atoms with Crippen LogP contribution in [0, 0.1) is 0 Å². The number of ether oxygens (including phenoxy) is 1. The Labute approximate surface area is 259 Å². The van der Waals surface area contributed by atoms with Crippen molar-refractivity contribution in [3.8, 4) is 22.8 Å². The SMILES string of the molecule is CC1C=C2CSC(=NC(=O)NNC(C)c3ccc(-c4ncn(-c5ccc(OC(F)(F)F)cc5)n4)cc3)N2c2cc(Cl)ccc21. The van der Waals surface area contributed by atoms with E-state index >= 15 is 0 Å². The predicted molar refractivity (Wildman–Crippen MR) is 164 cm³/mol. The Morgan fingerprint density at radius 2 is 1.89 bits per heavy atom. The lowest BCUT2D eigenvalue weighted by molar-refractivity contribution is -0.274. The molecule has 2 N–H and O–H groups in total. The molecule has 0 radical (unpaired) electrons. The van der Waals surface area contributed by atoms with Gasteiger partial charge in [0.15, 0.2) is 11.0 Å². The van der Waals surface area contributed by atoms with E-state index in [1.807, 2.05) is 54.3 Å². The monoisotopic (exact) mass is 639 g/mol. The molecule has 1 fully saturated rings. The molecule has 0 saturated carbocycles. The Morgan fingerprint density at radius 1 is 1.14 bits per heavy atom. The van der Waals surface area contributed by atoms with Gasteiger partial charge in [-0.2, -0.15) is 4.99 Å². The Morgan fingerprint density at radius 3 is 2.61 bits per heavy atom. The van der Waals surface area contributed by atoms with Crippen molar-refractivity contribution < 1.29 is 22.7 Å². The summed E-state index contributed by atoms with van der Waals surface area (Å²) in [5.41, 5.74) is 11.0. The molecule has 0 aliphatic carbocycles. The van der Waals surface area contributed by atoms with Crippen LogP contribution < -0.4 is 20.5 Å². The van der Waals surface area contributed by atoms with Gasteiger partial charge in [-0.25, -0.2) is 19.9 Å². The zero-order valence-corrected chi connectivity index (χ0v) is 24.9. The first kappa shape index (κ1) is 29.7. The summed E-state index contributed by atoms with van der Waals surface area (Å²) in [5.74, 6) is 1.08. The fourth-order valence-electron chi connectivity index (χ4n) is 4.94. The van der Waals surface area contributed by atoms with Crippen molar-refractivity contribution in [2.24, 2.45) is 4.99 Å². The number of aliphatic imine (C=N–C) groups is 1. The van der Waals surface area contributed by atoms with Crippen molar-refractivity contribution in [1.82, 2.24) is 25.6 Å². The van der Waals surface area contributed by atoms with Crippen LogP contribution in [0.25, 0.3) is 17.1 Å². The number of alkyl halides is 3. The first-order valence-electron chi connectivity index (χ1n) is 13.5. The van der Waals surface area contributed by atoms with Crippen molar-refractivity contribution in [2.45, 2.75) is 32.2 Å². The molecule has 9 nitrogen and oxygen atoms in total. The number of amidine groups is 1. The number of urea groups is 1. The molecular formula is C30H25ClF3N7O2S. The summed E-state index contributed by atoms with van der Waals surface area (Å²) in [7, 11) is 0. The number of hydrogen-bond donors (Lipinski definition) is 2. The lowest BCUT2D eigenvalue weighted by atomic mass is 9.94. The second kappa shape index (κ2) is 12.0. The number of hydrogen-bond acceptors (Lipinski definition) is 6. The summed E-state index contributed by atoms with van der Waals surface area (Å²) in [4.78, 5) is 23.4. The van der Waals surface area contributed by atoms with Crippen molar-refractivity contribution >= 4 is 40.2 Å². The van der Waals surface area contributed by atoms with Crippen molar-refractivity contribution in [1.29, 1.82) is 0 Å². The molecule has 44 heavy (non-hydrogen) atoms. The van der Waals surface area contributed by atoms with E-state index in [0.29, 0.717) is 21.7 Å². The van der Waals surface area contributed by atoms with E-state index in [2.05, 4.69) is 43.7 Å². The number of hydrazine groups is 1. The number of anilines is 1. The Kier molecular flexibility index (Phi) is 8.10. The molecule has 6 rings (SSSR count). The molecule has 2 unspecified atom stereocenters. The lowest BCUT2D eigenvalue weighted by Gasteiger charge is -2.29. The van der Waals surface area contributed by atoms with Gasteiger partial charge in [-0.1, -0.05) is 66.7 Å². The number of nitrogens with one attached hydrogen (secondary N) is 2. The third kappa shape index (κ3) is 6.44. The standard InChI is InChI=1S/C30H25ClF3N7O2S/c1-17-13-23-15-44-29(41(23)26-14-21(31)7-12-25(17)26)36-28(42)38-37-18(2)19-3-5-20(6-4-19)27-35-16-40(39-27)22-8-10-24(11-9-22)43-30(32,33)34/h3-14,16-18,37H,15H2,1-2H3,(H,38,42). The van der Waals surface area contributed by atoms with Crippen molar-refractivity contribution in [3.05, 3.63) is 101 Å². The molecule has 1 saturated heterocycles. The van der Waals surface area contributed by atoms with Gasteiger partial charge in [0, 0.05) is 34.0 Å². The van der Waals surface area contributed by atoms with Gasteiger partial charge in [0.1, 0.15) is 12.1 Å². The highest BCUT2D eigenvalue weighted by molar-refractivity contribution is 8.14. The number of halogens is 4. The largest absolute Gasteiger partial charge is 0.573 e. The van der Waals surface area contributed by atoms with E-state index in [0.717, 1.165) is 33.8 Å². The summed E-state index contributed by atoms with van der Waals surface area (Å²) in [6.45, 7) is 4.03. The molecule has 0 spiro atoms. The Hall–Kier alpha value is -4.33. The van der Waals surface area contributed by atoms with E-state index in [9.17, 15) is 18.0 Å². The molecule has 2 amide bonds. The molecule has 1 aromatic heterocycles. The quantitative estimate of drug-likeness (QED) is 0.213. The molecule has 2 aliphatic heterocycles. The Balaban J connectivity index is 1.07. The second-order valence-corrected chi connectivity index (χ2v) is 11.5. The van der Waals surface area contributed by atoms with Crippen LogP contribution in [0.2, 0.25) is 5.02 Å². The van der Waals surface area contributed by atoms with Crippen LogP contribution in [-0.4, -0.2) is 38.1 Å². The number of rotatable bonds is 6. The van der Waals surface area contributed by atoms with E-state index in [1.165, 1.54) is 47.0 Å². The summed E-state index contributed by atoms with van der Waals surface area (Å²) in [6.07, 6.45) is -1.10. The molecule has 2 atom stereocenters. The van der Waals surface area contributed by atoms with E-state index < -0.39 is 12.4 Å². The maximum absolute atomic E-state index is 12.8. The number of allylic oxidation sites excluding steroid dienone is 1. The minimum Gasteiger partial charge on any atom is -0.406 e. The molecule has 4 aromatic rings. The van der Waals surface area contributed by atoms with E-state index in [4.69, 9.17) is 11.6 Å². The van der Waals surface area contributed by atoms with Gasteiger partial charge in [0.2, 0.25) is 0 Å². The third-order valence-electron chi connectivity index (χ3n) is 7.08. The van der Waals surface area contributed by atoms with Gasteiger partial charge in [-0.15, -0.1) is 18.3 Å². The normalized spacial score (nSPS) is 17.6. The average Bonchev–Trinajstić information content (AvgIpc) is 3.63.